The summed E-state index contributed by atoms with van der Waals surface area (Å²) in [5.74, 6) is 0.374. The van der Waals surface area contributed by atoms with Crippen molar-refractivity contribution in [2.75, 3.05) is 17.2 Å². The molecule has 146 valence electrons. The first kappa shape index (κ1) is 20.8. The van der Waals surface area contributed by atoms with Gasteiger partial charge < -0.3 is 10.1 Å². The van der Waals surface area contributed by atoms with Crippen molar-refractivity contribution in [1.82, 2.24) is 5.32 Å². The quantitative estimate of drug-likeness (QED) is 0.752. The highest BCUT2D eigenvalue weighted by Gasteiger charge is 2.29. The van der Waals surface area contributed by atoms with Gasteiger partial charge >= 0.3 is 0 Å². The molecule has 0 saturated carbocycles. The number of rotatable bonds is 8. The van der Waals surface area contributed by atoms with E-state index in [0.29, 0.717) is 5.69 Å². The number of amides is 1. The van der Waals surface area contributed by atoms with Gasteiger partial charge in [0, 0.05) is 0 Å². The number of sulfonamides is 1. The number of nitrogens with one attached hydrogen (secondary N) is 1. The lowest BCUT2D eigenvalue weighted by Crippen LogP contribution is -2.50. The molecule has 2 atom stereocenters. The first-order valence-electron chi connectivity index (χ1n) is 8.73. The summed E-state index contributed by atoms with van der Waals surface area (Å²) in [7, 11) is -3.62. The summed E-state index contributed by atoms with van der Waals surface area (Å²) in [6, 6.07) is 15.0. The molecule has 2 aromatic rings. The number of carbonyl (C=O) groups is 1. The minimum Gasteiger partial charge on any atom is -0.491 e. The molecule has 27 heavy (non-hydrogen) atoms. The summed E-state index contributed by atoms with van der Waals surface area (Å²) in [6.07, 6.45) is 1.09. The Bertz CT molecular complexity index is 869. The third-order valence-corrected chi connectivity index (χ3v) is 5.31. The van der Waals surface area contributed by atoms with Crippen molar-refractivity contribution in [2.45, 2.75) is 32.9 Å². The molecule has 0 heterocycles. The Labute approximate surface area is 161 Å². The Hall–Kier alpha value is -2.54. The number of anilines is 1. The van der Waals surface area contributed by atoms with Crippen LogP contribution in [-0.4, -0.2) is 39.3 Å². The SMILES string of the molecule is Cc1ccccc1OC[C@H](C)NC(=O)[C@H](C)N(c1ccccc1)S(C)(=O)=O. The van der Waals surface area contributed by atoms with E-state index in [0.717, 1.165) is 21.9 Å². The smallest absolute Gasteiger partial charge is 0.243 e. The second-order valence-electron chi connectivity index (χ2n) is 6.56. The molecule has 0 bridgehead atoms. The fraction of sp³-hybridized carbons (Fsp3) is 0.350. The zero-order valence-electron chi connectivity index (χ0n) is 16.0. The van der Waals surface area contributed by atoms with Crippen LogP contribution in [0, 0.1) is 6.92 Å². The minimum atomic E-state index is -3.62. The highest BCUT2D eigenvalue weighted by Crippen LogP contribution is 2.20. The highest BCUT2D eigenvalue weighted by molar-refractivity contribution is 7.92. The van der Waals surface area contributed by atoms with Crippen LogP contribution < -0.4 is 14.4 Å². The van der Waals surface area contributed by atoms with Crippen molar-refractivity contribution in [3.8, 4) is 5.75 Å². The summed E-state index contributed by atoms with van der Waals surface area (Å²) in [6.45, 7) is 5.62. The molecule has 0 aliphatic heterocycles. The van der Waals surface area contributed by atoms with Gasteiger partial charge in [-0.1, -0.05) is 36.4 Å². The number of hydrogen-bond acceptors (Lipinski definition) is 4. The predicted octanol–water partition coefficient (Wildman–Crippen LogP) is 2.73. The molecule has 0 aliphatic rings. The lowest BCUT2D eigenvalue weighted by molar-refractivity contribution is -0.122. The average molecular weight is 391 g/mol. The summed E-state index contributed by atoms with van der Waals surface area (Å²) < 4.78 is 31.3. The molecule has 6 nitrogen and oxygen atoms in total. The van der Waals surface area contributed by atoms with Crippen LogP contribution in [0.5, 0.6) is 5.75 Å². The zero-order chi connectivity index (χ0) is 20.0. The standard InChI is InChI=1S/C20H26N2O4S/c1-15-10-8-9-13-19(15)26-14-16(2)21-20(23)17(3)22(27(4,24)25)18-11-6-5-7-12-18/h5-13,16-17H,14H2,1-4H3,(H,21,23)/t16-,17-/m0/s1. The van der Waals surface area contributed by atoms with E-state index < -0.39 is 16.1 Å². The van der Waals surface area contributed by atoms with E-state index in [1.165, 1.54) is 0 Å². The molecular formula is C20H26N2O4S. The van der Waals surface area contributed by atoms with E-state index in [1.54, 1.807) is 37.3 Å². The van der Waals surface area contributed by atoms with E-state index >= 15 is 0 Å². The molecule has 0 radical (unpaired) electrons. The van der Waals surface area contributed by atoms with Crippen molar-refractivity contribution < 1.29 is 17.9 Å². The van der Waals surface area contributed by atoms with Gasteiger partial charge in [-0.25, -0.2) is 8.42 Å². The first-order valence-corrected chi connectivity index (χ1v) is 10.6. The van der Waals surface area contributed by atoms with E-state index in [-0.39, 0.29) is 18.6 Å². The molecular weight excluding hydrogens is 364 g/mol. The van der Waals surface area contributed by atoms with Gasteiger partial charge in [0.1, 0.15) is 18.4 Å². The maximum Gasteiger partial charge on any atom is 0.243 e. The maximum absolute atomic E-state index is 12.6. The summed E-state index contributed by atoms with van der Waals surface area (Å²) >= 11 is 0. The van der Waals surface area contributed by atoms with Crippen molar-refractivity contribution in [3.63, 3.8) is 0 Å². The van der Waals surface area contributed by atoms with Crippen molar-refractivity contribution in [1.29, 1.82) is 0 Å². The zero-order valence-corrected chi connectivity index (χ0v) is 16.9. The van der Waals surface area contributed by atoms with Crippen LogP contribution >= 0.6 is 0 Å². The molecule has 0 spiro atoms. The fourth-order valence-electron chi connectivity index (χ4n) is 2.72. The van der Waals surface area contributed by atoms with Gasteiger partial charge in [0.15, 0.2) is 0 Å². The molecule has 2 aromatic carbocycles. The lowest BCUT2D eigenvalue weighted by atomic mass is 10.2. The third-order valence-electron chi connectivity index (χ3n) is 4.07. The lowest BCUT2D eigenvalue weighted by Gasteiger charge is -2.29. The van der Waals surface area contributed by atoms with Crippen LogP contribution in [0.2, 0.25) is 0 Å². The van der Waals surface area contributed by atoms with Crippen LogP contribution in [0.1, 0.15) is 19.4 Å². The maximum atomic E-state index is 12.6. The van der Waals surface area contributed by atoms with Crippen molar-refractivity contribution >= 4 is 21.6 Å². The monoisotopic (exact) mass is 390 g/mol. The van der Waals surface area contributed by atoms with Gasteiger partial charge in [0.05, 0.1) is 18.0 Å². The normalized spacial score (nSPS) is 13.5. The van der Waals surface area contributed by atoms with Crippen molar-refractivity contribution in [2.24, 2.45) is 0 Å². The first-order chi connectivity index (χ1) is 12.7. The molecule has 0 saturated heterocycles. The Morgan fingerprint density at radius 3 is 2.26 bits per heavy atom. The predicted molar refractivity (Wildman–Crippen MR) is 108 cm³/mol. The largest absolute Gasteiger partial charge is 0.491 e. The summed E-state index contributed by atoms with van der Waals surface area (Å²) in [4.78, 5) is 12.6. The van der Waals surface area contributed by atoms with E-state index in [4.69, 9.17) is 4.74 Å². The minimum absolute atomic E-state index is 0.281. The molecule has 1 N–H and O–H groups in total. The van der Waals surface area contributed by atoms with E-state index in [9.17, 15) is 13.2 Å². The molecule has 0 unspecified atom stereocenters. The van der Waals surface area contributed by atoms with Gasteiger partial charge in [-0.15, -0.1) is 0 Å². The van der Waals surface area contributed by atoms with Crippen LogP contribution in [0.25, 0.3) is 0 Å². The summed E-state index contributed by atoms with van der Waals surface area (Å²) in [5.41, 5.74) is 1.46. The van der Waals surface area contributed by atoms with Gasteiger partial charge in [0.25, 0.3) is 0 Å². The highest BCUT2D eigenvalue weighted by atomic mass is 32.2. The second kappa shape index (κ2) is 8.90. The molecule has 1 amide bonds. The number of carbonyl (C=O) groups excluding carboxylic acids is 1. The van der Waals surface area contributed by atoms with Crippen LogP contribution in [0.3, 0.4) is 0 Å². The molecule has 7 heteroatoms. The molecule has 0 aliphatic carbocycles. The van der Waals surface area contributed by atoms with Gasteiger partial charge in [-0.2, -0.15) is 0 Å². The Morgan fingerprint density at radius 1 is 1.07 bits per heavy atom. The van der Waals surface area contributed by atoms with Gasteiger partial charge in [-0.3, -0.25) is 9.10 Å². The number of hydrogen-bond donors (Lipinski definition) is 1. The fourth-order valence-corrected chi connectivity index (χ4v) is 3.90. The van der Waals surface area contributed by atoms with Crippen LogP contribution in [0.15, 0.2) is 54.6 Å². The van der Waals surface area contributed by atoms with Crippen LogP contribution in [0.4, 0.5) is 5.69 Å². The number of para-hydroxylation sites is 2. The third kappa shape index (κ3) is 5.72. The van der Waals surface area contributed by atoms with Gasteiger partial charge in [-0.05, 0) is 44.5 Å². The molecule has 0 aromatic heterocycles. The Balaban J connectivity index is 2.03. The topological polar surface area (TPSA) is 75.7 Å². The Morgan fingerprint density at radius 2 is 1.67 bits per heavy atom. The van der Waals surface area contributed by atoms with E-state index in [2.05, 4.69) is 5.32 Å². The molecule has 2 rings (SSSR count). The molecule has 0 fully saturated rings. The van der Waals surface area contributed by atoms with Gasteiger partial charge in [0.2, 0.25) is 15.9 Å². The van der Waals surface area contributed by atoms with E-state index in [1.807, 2.05) is 38.1 Å². The summed E-state index contributed by atoms with van der Waals surface area (Å²) in [5, 5.41) is 2.82. The number of benzene rings is 2. The Kier molecular flexibility index (Phi) is 6.85. The average Bonchev–Trinajstić information content (AvgIpc) is 2.60. The van der Waals surface area contributed by atoms with Crippen molar-refractivity contribution in [3.05, 3.63) is 60.2 Å². The number of aryl methyl sites for hydroxylation is 1. The van der Waals surface area contributed by atoms with Crippen LogP contribution in [-0.2, 0) is 14.8 Å². The number of nitrogens with zero attached hydrogens (tertiary/aromatic N) is 1. The second-order valence-corrected chi connectivity index (χ2v) is 8.42. The number of ether oxygens (including phenoxy) is 1.